The van der Waals surface area contributed by atoms with E-state index in [4.69, 9.17) is 5.11 Å². The molecule has 2 aromatic rings. The molecule has 0 bridgehead atoms. The zero-order valence-corrected chi connectivity index (χ0v) is 8.66. The molecule has 0 fully saturated rings. The highest BCUT2D eigenvalue weighted by Gasteiger charge is 2.03. The number of rotatable bonds is 2. The van der Waals surface area contributed by atoms with Gasteiger partial charge in [0.1, 0.15) is 5.75 Å². The molecular weight excluding hydrogens is 222 g/mol. The molecule has 0 aliphatic rings. The van der Waals surface area contributed by atoms with E-state index in [1.165, 1.54) is 12.4 Å². The molecule has 17 heavy (non-hydrogen) atoms. The van der Waals surface area contributed by atoms with E-state index in [9.17, 15) is 9.90 Å². The molecule has 1 heterocycles. The van der Waals surface area contributed by atoms with Crippen LogP contribution in [-0.2, 0) is 0 Å². The number of carbonyl (C=O) groups is 1. The Kier molecular flexibility index (Phi) is 2.87. The van der Waals surface area contributed by atoms with Crippen LogP contribution >= 0.6 is 0 Å². The fourth-order valence-corrected chi connectivity index (χ4v) is 1.32. The maximum absolute atomic E-state index is 10.4. The molecule has 1 amide bonds. The van der Waals surface area contributed by atoms with Gasteiger partial charge in [-0.2, -0.15) is 0 Å². The number of anilines is 1. The number of phenols is 1. The number of phenolic OH excluding ortho intramolecular Hbond substituents is 1. The molecule has 0 aliphatic carbocycles. The highest BCUT2D eigenvalue weighted by Crippen LogP contribution is 2.20. The summed E-state index contributed by atoms with van der Waals surface area (Å²) < 4.78 is 0. The minimum Gasteiger partial charge on any atom is -0.508 e. The highest BCUT2D eigenvalue weighted by atomic mass is 16.4. The second-order valence-corrected chi connectivity index (χ2v) is 3.27. The van der Waals surface area contributed by atoms with Crippen LogP contribution in [0.2, 0.25) is 0 Å². The van der Waals surface area contributed by atoms with Gasteiger partial charge in [0.25, 0.3) is 0 Å². The molecule has 1 aromatic heterocycles. The summed E-state index contributed by atoms with van der Waals surface area (Å²) in [6.45, 7) is 0. The highest BCUT2D eigenvalue weighted by molar-refractivity contribution is 5.81. The van der Waals surface area contributed by atoms with Crippen LogP contribution in [0.25, 0.3) is 11.3 Å². The van der Waals surface area contributed by atoms with Gasteiger partial charge >= 0.3 is 6.09 Å². The zero-order chi connectivity index (χ0) is 12.3. The number of aromatic hydroxyl groups is 1. The average Bonchev–Trinajstić information content (AvgIpc) is 2.29. The van der Waals surface area contributed by atoms with Crippen molar-refractivity contribution >= 4 is 11.9 Å². The molecule has 0 unspecified atom stereocenters. The number of hydrogen-bond acceptors (Lipinski definition) is 4. The average molecular weight is 231 g/mol. The first-order chi connectivity index (χ1) is 8.15. The van der Waals surface area contributed by atoms with Gasteiger partial charge in [0, 0.05) is 5.56 Å². The van der Waals surface area contributed by atoms with Crippen LogP contribution in [0.5, 0.6) is 5.75 Å². The van der Waals surface area contributed by atoms with Gasteiger partial charge < -0.3 is 10.2 Å². The monoisotopic (exact) mass is 231 g/mol. The number of benzene rings is 1. The van der Waals surface area contributed by atoms with Gasteiger partial charge in [0.05, 0.1) is 18.1 Å². The largest absolute Gasteiger partial charge is 0.508 e. The van der Waals surface area contributed by atoms with Crippen molar-refractivity contribution in [2.45, 2.75) is 0 Å². The van der Waals surface area contributed by atoms with Gasteiger partial charge in [-0.25, -0.2) is 9.78 Å². The summed E-state index contributed by atoms with van der Waals surface area (Å²) in [7, 11) is 0. The van der Waals surface area contributed by atoms with Crippen LogP contribution in [0.1, 0.15) is 0 Å². The Morgan fingerprint density at radius 2 is 2.06 bits per heavy atom. The fraction of sp³-hybridized carbons (Fsp3) is 0. The van der Waals surface area contributed by atoms with Crippen LogP contribution in [0.3, 0.4) is 0 Å². The summed E-state index contributed by atoms with van der Waals surface area (Å²) in [5, 5.41) is 19.9. The molecule has 1 aromatic carbocycles. The van der Waals surface area contributed by atoms with E-state index < -0.39 is 6.09 Å². The van der Waals surface area contributed by atoms with E-state index in [0.29, 0.717) is 11.3 Å². The van der Waals surface area contributed by atoms with Gasteiger partial charge in [-0.05, 0) is 12.1 Å². The zero-order valence-electron chi connectivity index (χ0n) is 8.66. The van der Waals surface area contributed by atoms with Gasteiger partial charge in [-0.1, -0.05) is 12.1 Å². The van der Waals surface area contributed by atoms with Crippen molar-refractivity contribution in [3.05, 3.63) is 36.7 Å². The van der Waals surface area contributed by atoms with Crippen molar-refractivity contribution < 1.29 is 15.0 Å². The number of aromatic nitrogens is 2. The molecular formula is C11H9N3O3. The summed E-state index contributed by atoms with van der Waals surface area (Å²) in [6.07, 6.45) is 1.55. The standard InChI is InChI=1S/C11H9N3O3/c15-8-3-1-2-7(4-8)9-5-13-10(6-12-9)14-11(16)17/h1-6,15H,(H,13,14)(H,16,17). The predicted octanol–water partition coefficient (Wildman–Crippen LogP) is 1.94. The van der Waals surface area contributed by atoms with Gasteiger partial charge in [-0.15, -0.1) is 0 Å². The summed E-state index contributed by atoms with van der Waals surface area (Å²) in [5.74, 6) is 0.290. The Labute approximate surface area is 96.6 Å². The van der Waals surface area contributed by atoms with Crippen LogP contribution < -0.4 is 5.32 Å². The lowest BCUT2D eigenvalue weighted by molar-refractivity contribution is 0.209. The Balaban J connectivity index is 2.26. The minimum absolute atomic E-state index is 0.136. The number of nitrogens with one attached hydrogen (secondary N) is 1. The Bertz CT molecular complexity index is 540. The summed E-state index contributed by atoms with van der Waals surface area (Å²) >= 11 is 0. The van der Waals surface area contributed by atoms with Crippen LogP contribution in [0, 0.1) is 0 Å². The van der Waals surface area contributed by atoms with Crippen molar-refractivity contribution in [1.82, 2.24) is 9.97 Å². The lowest BCUT2D eigenvalue weighted by atomic mass is 10.1. The van der Waals surface area contributed by atoms with Gasteiger partial charge in [-0.3, -0.25) is 10.3 Å². The Morgan fingerprint density at radius 1 is 1.24 bits per heavy atom. The Hall–Kier alpha value is -2.63. The molecule has 6 nitrogen and oxygen atoms in total. The van der Waals surface area contributed by atoms with E-state index >= 15 is 0 Å². The predicted molar refractivity (Wildman–Crippen MR) is 60.8 cm³/mol. The van der Waals surface area contributed by atoms with Crippen molar-refractivity contribution in [2.24, 2.45) is 0 Å². The summed E-state index contributed by atoms with van der Waals surface area (Å²) in [6, 6.07) is 6.56. The molecule has 0 aliphatic heterocycles. The van der Waals surface area contributed by atoms with E-state index in [0.717, 1.165) is 0 Å². The second kappa shape index (κ2) is 4.48. The van der Waals surface area contributed by atoms with E-state index in [2.05, 4.69) is 15.3 Å². The van der Waals surface area contributed by atoms with Crippen LogP contribution in [0.4, 0.5) is 10.6 Å². The third-order valence-corrected chi connectivity index (χ3v) is 2.03. The quantitative estimate of drug-likeness (QED) is 0.734. The van der Waals surface area contributed by atoms with E-state index in [1.807, 2.05) is 0 Å². The Morgan fingerprint density at radius 3 is 2.65 bits per heavy atom. The third kappa shape index (κ3) is 2.69. The topological polar surface area (TPSA) is 95.3 Å². The molecule has 6 heteroatoms. The van der Waals surface area contributed by atoms with Crippen molar-refractivity contribution in [3.8, 4) is 17.0 Å². The molecule has 3 N–H and O–H groups in total. The summed E-state index contributed by atoms with van der Waals surface area (Å²) in [5.41, 5.74) is 1.26. The van der Waals surface area contributed by atoms with Crippen LogP contribution in [-0.4, -0.2) is 26.3 Å². The number of nitrogens with zero attached hydrogens (tertiary/aromatic N) is 2. The second-order valence-electron chi connectivity index (χ2n) is 3.27. The minimum atomic E-state index is -1.19. The number of carboxylic acid groups (broad SMARTS) is 1. The van der Waals surface area contributed by atoms with Crippen molar-refractivity contribution in [2.75, 3.05) is 5.32 Å². The molecule has 86 valence electrons. The lowest BCUT2D eigenvalue weighted by Crippen LogP contribution is -2.08. The van der Waals surface area contributed by atoms with Crippen molar-refractivity contribution in [3.63, 3.8) is 0 Å². The smallest absolute Gasteiger partial charge is 0.410 e. The first-order valence-corrected chi connectivity index (χ1v) is 4.76. The number of hydrogen-bond donors (Lipinski definition) is 3. The maximum atomic E-state index is 10.4. The number of amides is 1. The van der Waals surface area contributed by atoms with Crippen LogP contribution in [0.15, 0.2) is 36.7 Å². The molecule has 2 rings (SSSR count). The first-order valence-electron chi connectivity index (χ1n) is 4.76. The molecule has 0 radical (unpaired) electrons. The third-order valence-electron chi connectivity index (χ3n) is 2.03. The first kappa shape index (κ1) is 10.9. The molecule has 0 spiro atoms. The molecule has 0 atom stereocenters. The lowest BCUT2D eigenvalue weighted by Gasteiger charge is -2.02. The van der Waals surface area contributed by atoms with Gasteiger partial charge in [0.2, 0.25) is 0 Å². The van der Waals surface area contributed by atoms with Crippen molar-refractivity contribution in [1.29, 1.82) is 0 Å². The normalized spacial score (nSPS) is 9.88. The van der Waals surface area contributed by atoms with E-state index in [-0.39, 0.29) is 11.6 Å². The maximum Gasteiger partial charge on any atom is 0.410 e. The fourth-order valence-electron chi connectivity index (χ4n) is 1.32. The van der Waals surface area contributed by atoms with E-state index in [1.54, 1.807) is 24.3 Å². The molecule has 0 saturated heterocycles. The van der Waals surface area contributed by atoms with Gasteiger partial charge in [0.15, 0.2) is 5.82 Å². The SMILES string of the molecule is O=C(O)Nc1cnc(-c2cccc(O)c2)cn1. The summed E-state index contributed by atoms with van der Waals surface area (Å²) in [4.78, 5) is 18.3. The molecule has 0 saturated carbocycles.